The van der Waals surface area contributed by atoms with Gasteiger partial charge in [-0.1, -0.05) is 0 Å². The fraction of sp³-hybridized carbons (Fsp3) is 0.818. The van der Waals surface area contributed by atoms with Crippen molar-refractivity contribution in [1.82, 2.24) is 4.90 Å². The fourth-order valence-corrected chi connectivity index (χ4v) is 1.86. The molecule has 1 aliphatic rings. The van der Waals surface area contributed by atoms with Gasteiger partial charge in [0.1, 0.15) is 0 Å². The molecule has 1 saturated heterocycles. The Hall–Kier alpha value is -1.10. The highest BCUT2D eigenvalue weighted by atomic mass is 16.3. The first-order valence-electron chi connectivity index (χ1n) is 5.71. The van der Waals surface area contributed by atoms with Crippen molar-refractivity contribution in [3.8, 4) is 0 Å². The molecule has 1 heterocycles. The largest absolute Gasteiger partial charge is 0.393 e. The molecule has 92 valence electrons. The minimum absolute atomic E-state index is 0.0333. The van der Waals surface area contributed by atoms with Crippen molar-refractivity contribution < 1.29 is 9.90 Å². The summed E-state index contributed by atoms with van der Waals surface area (Å²) in [5.74, 6) is 1.04. The van der Waals surface area contributed by atoms with E-state index in [0.29, 0.717) is 18.3 Å². The predicted octanol–water partition coefficient (Wildman–Crippen LogP) is -0.0171. The molecule has 1 rings (SSSR count). The van der Waals surface area contributed by atoms with Crippen LogP contribution in [0.25, 0.3) is 0 Å². The summed E-state index contributed by atoms with van der Waals surface area (Å²) >= 11 is 0. The van der Waals surface area contributed by atoms with Crippen LogP contribution >= 0.6 is 0 Å². The molecule has 2 unspecified atom stereocenters. The van der Waals surface area contributed by atoms with E-state index in [2.05, 4.69) is 4.99 Å². The fourth-order valence-electron chi connectivity index (χ4n) is 1.86. The number of rotatable bonds is 4. The maximum atomic E-state index is 11.6. The topological polar surface area (TPSA) is 78.9 Å². The van der Waals surface area contributed by atoms with Crippen molar-refractivity contribution in [2.75, 3.05) is 19.6 Å². The van der Waals surface area contributed by atoms with E-state index in [4.69, 9.17) is 10.8 Å². The zero-order valence-electron chi connectivity index (χ0n) is 10.0. The molecular formula is C11H21N3O2. The average Bonchev–Trinajstić information content (AvgIpc) is 2.61. The van der Waals surface area contributed by atoms with Crippen LogP contribution in [-0.2, 0) is 4.79 Å². The van der Waals surface area contributed by atoms with Crippen molar-refractivity contribution in [3.05, 3.63) is 0 Å². The van der Waals surface area contributed by atoms with Crippen LogP contribution in [0, 0.1) is 5.92 Å². The summed E-state index contributed by atoms with van der Waals surface area (Å²) in [5.41, 5.74) is 5.47. The van der Waals surface area contributed by atoms with Gasteiger partial charge in [-0.2, -0.15) is 0 Å². The first kappa shape index (κ1) is 13.0. The van der Waals surface area contributed by atoms with Crippen LogP contribution in [-0.4, -0.2) is 47.5 Å². The van der Waals surface area contributed by atoms with Crippen LogP contribution in [0.15, 0.2) is 4.99 Å². The third-order valence-corrected chi connectivity index (χ3v) is 2.71. The molecule has 1 fully saturated rings. The Morgan fingerprint density at radius 1 is 1.69 bits per heavy atom. The molecule has 2 atom stereocenters. The van der Waals surface area contributed by atoms with Gasteiger partial charge in [-0.25, -0.2) is 0 Å². The summed E-state index contributed by atoms with van der Waals surface area (Å²) in [6.07, 6.45) is 0.629. The second kappa shape index (κ2) is 5.84. The maximum absolute atomic E-state index is 11.6. The number of nitrogens with two attached hydrogens (primary N) is 1. The van der Waals surface area contributed by atoms with Crippen LogP contribution < -0.4 is 5.73 Å². The molecule has 5 nitrogen and oxygen atoms in total. The number of amidine groups is 1. The molecule has 0 spiro atoms. The lowest BCUT2D eigenvalue weighted by Crippen LogP contribution is -2.31. The molecule has 1 amide bonds. The van der Waals surface area contributed by atoms with E-state index in [0.717, 1.165) is 19.5 Å². The van der Waals surface area contributed by atoms with Crippen molar-refractivity contribution in [2.24, 2.45) is 16.6 Å². The van der Waals surface area contributed by atoms with E-state index in [1.807, 2.05) is 0 Å². The number of hydrogen-bond acceptors (Lipinski definition) is 3. The molecule has 5 heteroatoms. The number of carbonyl (C=O) groups is 1. The number of aliphatic imine (C=N–C) groups is 1. The van der Waals surface area contributed by atoms with E-state index in [1.165, 1.54) is 0 Å². The first-order valence-corrected chi connectivity index (χ1v) is 5.71. The van der Waals surface area contributed by atoms with Gasteiger partial charge in [0, 0.05) is 19.6 Å². The Bertz CT molecular complexity index is 272. The zero-order valence-corrected chi connectivity index (χ0v) is 10.0. The smallest absolute Gasteiger partial charge is 0.225 e. The van der Waals surface area contributed by atoms with Gasteiger partial charge >= 0.3 is 0 Å². The summed E-state index contributed by atoms with van der Waals surface area (Å²) in [6, 6.07) is 0. The molecule has 3 N–H and O–H groups in total. The minimum Gasteiger partial charge on any atom is -0.393 e. The van der Waals surface area contributed by atoms with Crippen molar-refractivity contribution in [3.63, 3.8) is 0 Å². The van der Waals surface area contributed by atoms with E-state index in [9.17, 15) is 4.79 Å². The standard InChI is InChI=1S/C11H21N3O2/c1-8(15)5-11(16)14-4-3-10(7-14)6-13-9(2)12/h8,10,15H,3-7H2,1-2H3,(H2,12,13). The van der Waals surface area contributed by atoms with E-state index < -0.39 is 6.10 Å². The van der Waals surface area contributed by atoms with Crippen molar-refractivity contribution >= 4 is 11.7 Å². The molecule has 0 bridgehead atoms. The maximum Gasteiger partial charge on any atom is 0.225 e. The van der Waals surface area contributed by atoms with E-state index in [1.54, 1.807) is 18.7 Å². The second-order valence-electron chi connectivity index (χ2n) is 4.53. The highest BCUT2D eigenvalue weighted by Crippen LogP contribution is 2.17. The van der Waals surface area contributed by atoms with Crippen molar-refractivity contribution in [1.29, 1.82) is 0 Å². The van der Waals surface area contributed by atoms with Crippen molar-refractivity contribution in [2.45, 2.75) is 32.8 Å². The Labute approximate surface area is 96.3 Å². The quantitative estimate of drug-likeness (QED) is 0.523. The molecule has 0 aromatic rings. The predicted molar refractivity (Wildman–Crippen MR) is 63.1 cm³/mol. The van der Waals surface area contributed by atoms with Gasteiger partial charge in [0.25, 0.3) is 0 Å². The van der Waals surface area contributed by atoms with Crippen LogP contribution in [0.5, 0.6) is 0 Å². The van der Waals surface area contributed by atoms with Crippen LogP contribution in [0.3, 0.4) is 0 Å². The highest BCUT2D eigenvalue weighted by molar-refractivity contribution is 5.77. The Balaban J connectivity index is 2.34. The van der Waals surface area contributed by atoms with Gasteiger partial charge in [0.15, 0.2) is 0 Å². The normalized spacial score (nSPS) is 23.6. The highest BCUT2D eigenvalue weighted by Gasteiger charge is 2.26. The number of nitrogens with zero attached hydrogens (tertiary/aromatic N) is 2. The average molecular weight is 227 g/mol. The molecule has 0 saturated carbocycles. The van der Waals surface area contributed by atoms with Gasteiger partial charge in [0.05, 0.1) is 18.4 Å². The van der Waals surface area contributed by atoms with Gasteiger partial charge in [-0.05, 0) is 26.2 Å². The zero-order chi connectivity index (χ0) is 12.1. The molecule has 0 aromatic carbocycles. The monoisotopic (exact) mass is 227 g/mol. The number of aliphatic hydroxyl groups is 1. The number of carbonyl (C=O) groups excluding carboxylic acids is 1. The lowest BCUT2D eigenvalue weighted by molar-refractivity contribution is -0.132. The van der Waals surface area contributed by atoms with Gasteiger partial charge in [-0.3, -0.25) is 9.79 Å². The van der Waals surface area contributed by atoms with Crippen LogP contribution in [0.2, 0.25) is 0 Å². The number of hydrogen-bond donors (Lipinski definition) is 2. The molecule has 16 heavy (non-hydrogen) atoms. The van der Waals surface area contributed by atoms with Gasteiger partial charge in [-0.15, -0.1) is 0 Å². The summed E-state index contributed by atoms with van der Waals surface area (Å²) in [7, 11) is 0. The second-order valence-corrected chi connectivity index (χ2v) is 4.53. The summed E-state index contributed by atoms with van der Waals surface area (Å²) < 4.78 is 0. The SMILES string of the molecule is CC(N)=NCC1CCN(C(=O)CC(C)O)C1. The molecular weight excluding hydrogens is 206 g/mol. The number of likely N-dealkylation sites (tertiary alicyclic amines) is 1. The minimum atomic E-state index is -0.559. The van der Waals surface area contributed by atoms with E-state index in [-0.39, 0.29) is 12.3 Å². The Morgan fingerprint density at radius 2 is 2.38 bits per heavy atom. The Kier molecular flexibility index (Phi) is 4.73. The Morgan fingerprint density at radius 3 is 2.94 bits per heavy atom. The lowest BCUT2D eigenvalue weighted by atomic mass is 10.1. The summed E-state index contributed by atoms with van der Waals surface area (Å²) in [4.78, 5) is 17.6. The number of aliphatic hydroxyl groups excluding tert-OH is 1. The first-order chi connectivity index (χ1) is 7.49. The van der Waals surface area contributed by atoms with Gasteiger partial charge in [0.2, 0.25) is 5.91 Å². The number of amides is 1. The third kappa shape index (κ3) is 4.18. The molecule has 1 aliphatic heterocycles. The third-order valence-electron chi connectivity index (χ3n) is 2.71. The molecule has 0 aromatic heterocycles. The molecule has 0 radical (unpaired) electrons. The van der Waals surface area contributed by atoms with E-state index >= 15 is 0 Å². The lowest BCUT2D eigenvalue weighted by Gasteiger charge is -2.17. The summed E-state index contributed by atoms with van der Waals surface area (Å²) in [5, 5.41) is 9.14. The molecule has 0 aliphatic carbocycles. The van der Waals surface area contributed by atoms with Crippen LogP contribution in [0.1, 0.15) is 26.7 Å². The summed E-state index contributed by atoms with van der Waals surface area (Å²) in [6.45, 7) is 5.61. The van der Waals surface area contributed by atoms with Crippen LogP contribution in [0.4, 0.5) is 0 Å². The van der Waals surface area contributed by atoms with Gasteiger partial charge < -0.3 is 15.7 Å².